The Morgan fingerprint density at radius 2 is 2.00 bits per heavy atom. The van der Waals surface area contributed by atoms with Gasteiger partial charge in [0.15, 0.2) is 5.82 Å². The standard InChI is InChI=1S/C12H20ClN5/c1-9(2)8-17-3-5-18(6-4-17)11-10(14)7-15-12(13)16-11/h7,9H,3-6,8,14H2,1-2H3. The van der Waals surface area contributed by atoms with Crippen LogP contribution < -0.4 is 10.6 Å². The third-order valence-corrected chi connectivity index (χ3v) is 3.24. The second-order valence-electron chi connectivity index (χ2n) is 5.10. The highest BCUT2D eigenvalue weighted by Crippen LogP contribution is 2.22. The van der Waals surface area contributed by atoms with Gasteiger partial charge in [-0.05, 0) is 17.5 Å². The molecular weight excluding hydrogens is 250 g/mol. The van der Waals surface area contributed by atoms with Crippen LogP contribution >= 0.6 is 11.6 Å². The third kappa shape index (κ3) is 3.23. The maximum absolute atomic E-state index is 5.90. The summed E-state index contributed by atoms with van der Waals surface area (Å²) in [5.41, 5.74) is 6.49. The average Bonchev–Trinajstić information content (AvgIpc) is 2.33. The Kier molecular flexibility index (Phi) is 4.24. The SMILES string of the molecule is CC(C)CN1CCN(c2nc(Cl)ncc2N)CC1. The molecule has 1 saturated heterocycles. The molecule has 2 rings (SSSR count). The molecule has 0 spiro atoms. The highest BCUT2D eigenvalue weighted by molar-refractivity contribution is 6.28. The van der Waals surface area contributed by atoms with E-state index in [0.717, 1.165) is 38.5 Å². The van der Waals surface area contributed by atoms with Crippen molar-refractivity contribution in [3.05, 3.63) is 11.5 Å². The molecule has 1 aromatic rings. The van der Waals surface area contributed by atoms with Gasteiger partial charge in [-0.1, -0.05) is 13.8 Å². The molecular formula is C12H20ClN5. The second-order valence-corrected chi connectivity index (χ2v) is 5.44. The predicted octanol–water partition coefficient (Wildman–Crippen LogP) is 1.49. The van der Waals surface area contributed by atoms with Crippen molar-refractivity contribution in [3.63, 3.8) is 0 Å². The number of halogens is 1. The fraction of sp³-hybridized carbons (Fsp3) is 0.667. The Labute approximate surface area is 113 Å². The molecule has 6 heteroatoms. The number of piperazine rings is 1. The maximum Gasteiger partial charge on any atom is 0.224 e. The van der Waals surface area contributed by atoms with Crippen molar-refractivity contribution in [3.8, 4) is 0 Å². The number of hydrogen-bond donors (Lipinski definition) is 1. The maximum atomic E-state index is 5.90. The van der Waals surface area contributed by atoms with E-state index < -0.39 is 0 Å². The molecule has 18 heavy (non-hydrogen) atoms. The predicted molar refractivity (Wildman–Crippen MR) is 74.9 cm³/mol. The van der Waals surface area contributed by atoms with Crippen LogP contribution in [0.5, 0.6) is 0 Å². The minimum atomic E-state index is 0.254. The average molecular weight is 270 g/mol. The molecule has 0 amide bonds. The Balaban J connectivity index is 1.99. The first-order chi connectivity index (χ1) is 8.56. The number of nitrogens with zero attached hydrogens (tertiary/aromatic N) is 4. The van der Waals surface area contributed by atoms with Crippen LogP contribution in [0.25, 0.3) is 0 Å². The van der Waals surface area contributed by atoms with Gasteiger partial charge in [-0.25, -0.2) is 4.98 Å². The van der Waals surface area contributed by atoms with Crippen LogP contribution in [0.2, 0.25) is 5.28 Å². The van der Waals surface area contributed by atoms with Crippen LogP contribution in [-0.2, 0) is 0 Å². The normalized spacial score (nSPS) is 17.4. The Morgan fingerprint density at radius 3 is 2.61 bits per heavy atom. The zero-order chi connectivity index (χ0) is 13.1. The van der Waals surface area contributed by atoms with Gasteiger partial charge in [0.05, 0.1) is 11.9 Å². The van der Waals surface area contributed by atoms with Gasteiger partial charge in [0.25, 0.3) is 0 Å². The van der Waals surface area contributed by atoms with E-state index in [-0.39, 0.29) is 5.28 Å². The van der Waals surface area contributed by atoms with Gasteiger partial charge in [0.1, 0.15) is 0 Å². The van der Waals surface area contributed by atoms with Gasteiger partial charge in [-0.3, -0.25) is 4.90 Å². The Bertz CT molecular complexity index is 401. The van der Waals surface area contributed by atoms with E-state index in [1.165, 1.54) is 0 Å². The van der Waals surface area contributed by atoms with Gasteiger partial charge in [0, 0.05) is 32.7 Å². The molecule has 0 saturated carbocycles. The summed E-state index contributed by atoms with van der Waals surface area (Å²) in [4.78, 5) is 12.8. The largest absolute Gasteiger partial charge is 0.394 e. The summed E-state index contributed by atoms with van der Waals surface area (Å²) in [6.07, 6.45) is 1.57. The van der Waals surface area contributed by atoms with Gasteiger partial charge >= 0.3 is 0 Å². The van der Waals surface area contributed by atoms with Crippen LogP contribution in [0.1, 0.15) is 13.8 Å². The van der Waals surface area contributed by atoms with Crippen LogP contribution in [0.15, 0.2) is 6.20 Å². The molecule has 5 nitrogen and oxygen atoms in total. The zero-order valence-electron chi connectivity index (χ0n) is 10.9. The number of anilines is 2. The molecule has 2 heterocycles. The van der Waals surface area contributed by atoms with Crippen molar-refractivity contribution < 1.29 is 0 Å². The lowest BCUT2D eigenvalue weighted by Gasteiger charge is -2.36. The second kappa shape index (κ2) is 5.71. The molecule has 1 aromatic heterocycles. The summed E-state index contributed by atoms with van der Waals surface area (Å²) >= 11 is 5.82. The van der Waals surface area contributed by atoms with Crippen LogP contribution in [-0.4, -0.2) is 47.6 Å². The molecule has 0 bridgehead atoms. The topological polar surface area (TPSA) is 58.3 Å². The smallest absolute Gasteiger partial charge is 0.224 e. The summed E-state index contributed by atoms with van der Waals surface area (Å²) in [6.45, 7) is 9.59. The molecule has 1 fully saturated rings. The summed E-state index contributed by atoms with van der Waals surface area (Å²) in [5, 5.41) is 0.254. The van der Waals surface area contributed by atoms with Crippen LogP contribution in [0.3, 0.4) is 0 Å². The number of aromatic nitrogens is 2. The highest BCUT2D eigenvalue weighted by Gasteiger charge is 2.20. The zero-order valence-corrected chi connectivity index (χ0v) is 11.7. The Morgan fingerprint density at radius 1 is 1.33 bits per heavy atom. The van der Waals surface area contributed by atoms with Crippen molar-refractivity contribution >= 4 is 23.1 Å². The van der Waals surface area contributed by atoms with Crippen LogP contribution in [0.4, 0.5) is 11.5 Å². The lowest BCUT2D eigenvalue weighted by Crippen LogP contribution is -2.47. The van der Waals surface area contributed by atoms with Gasteiger partial charge in [-0.15, -0.1) is 0 Å². The molecule has 0 radical (unpaired) electrons. The number of hydrogen-bond acceptors (Lipinski definition) is 5. The fourth-order valence-corrected chi connectivity index (χ4v) is 2.40. The van der Waals surface area contributed by atoms with Crippen molar-refractivity contribution in [2.75, 3.05) is 43.4 Å². The molecule has 0 unspecified atom stereocenters. The molecule has 2 N–H and O–H groups in total. The number of nitrogen functional groups attached to an aromatic ring is 1. The van der Waals surface area contributed by atoms with E-state index in [1.54, 1.807) is 6.20 Å². The molecule has 1 aliphatic heterocycles. The summed E-state index contributed by atoms with van der Waals surface area (Å²) in [5.74, 6) is 1.47. The highest BCUT2D eigenvalue weighted by atomic mass is 35.5. The Hall–Kier alpha value is -1.07. The number of rotatable bonds is 3. The van der Waals surface area contributed by atoms with E-state index in [4.69, 9.17) is 17.3 Å². The van der Waals surface area contributed by atoms with E-state index in [9.17, 15) is 0 Å². The van der Waals surface area contributed by atoms with Gasteiger partial charge in [-0.2, -0.15) is 4.98 Å². The van der Waals surface area contributed by atoms with Crippen molar-refractivity contribution in [2.24, 2.45) is 5.92 Å². The van der Waals surface area contributed by atoms with Gasteiger partial charge in [0.2, 0.25) is 5.28 Å². The van der Waals surface area contributed by atoms with Gasteiger partial charge < -0.3 is 10.6 Å². The first kappa shape index (κ1) is 13.4. The quantitative estimate of drug-likeness (QED) is 0.843. The third-order valence-electron chi connectivity index (χ3n) is 3.06. The molecule has 0 aromatic carbocycles. The van der Waals surface area contributed by atoms with E-state index >= 15 is 0 Å². The summed E-state index contributed by atoms with van der Waals surface area (Å²) in [7, 11) is 0. The van der Waals surface area contributed by atoms with Crippen molar-refractivity contribution in [2.45, 2.75) is 13.8 Å². The minimum absolute atomic E-state index is 0.254. The van der Waals surface area contributed by atoms with E-state index in [2.05, 4.69) is 33.6 Å². The minimum Gasteiger partial charge on any atom is -0.394 e. The summed E-state index contributed by atoms with van der Waals surface area (Å²) < 4.78 is 0. The molecule has 0 aliphatic carbocycles. The fourth-order valence-electron chi connectivity index (χ4n) is 2.27. The first-order valence-corrected chi connectivity index (χ1v) is 6.69. The van der Waals surface area contributed by atoms with Crippen LogP contribution in [0, 0.1) is 5.92 Å². The van der Waals surface area contributed by atoms with Crippen molar-refractivity contribution in [1.82, 2.24) is 14.9 Å². The van der Waals surface area contributed by atoms with E-state index in [1.807, 2.05) is 0 Å². The van der Waals surface area contributed by atoms with E-state index in [0.29, 0.717) is 11.6 Å². The number of nitrogens with two attached hydrogens (primary N) is 1. The van der Waals surface area contributed by atoms with Crippen molar-refractivity contribution in [1.29, 1.82) is 0 Å². The summed E-state index contributed by atoms with van der Waals surface area (Å²) in [6, 6.07) is 0. The monoisotopic (exact) mass is 269 g/mol. The molecule has 1 aliphatic rings. The molecule has 100 valence electrons. The lowest BCUT2D eigenvalue weighted by atomic mass is 10.2. The first-order valence-electron chi connectivity index (χ1n) is 6.31. The molecule has 0 atom stereocenters. The lowest BCUT2D eigenvalue weighted by molar-refractivity contribution is 0.231.